The third-order valence-electron chi connectivity index (χ3n) is 2.14. The van der Waals surface area contributed by atoms with Crippen LogP contribution >= 0.6 is 15.9 Å². The first-order valence-electron chi connectivity index (χ1n) is 3.62. The molecule has 1 aromatic carbocycles. The Labute approximate surface area is 74.5 Å². The van der Waals surface area contributed by atoms with Crippen molar-refractivity contribution in [2.24, 2.45) is 0 Å². The number of hydrogen-bond acceptors (Lipinski definition) is 1. The number of benzene rings is 1. The van der Waals surface area contributed by atoms with E-state index < -0.39 is 0 Å². The zero-order valence-corrected chi connectivity index (χ0v) is 7.89. The van der Waals surface area contributed by atoms with Crippen molar-refractivity contribution in [1.82, 2.24) is 0 Å². The maximum Gasteiger partial charge on any atom is 0.0864 e. The van der Waals surface area contributed by atoms with Crippen molar-refractivity contribution in [2.45, 2.75) is 12.5 Å². The SMILES string of the molecule is CO[C@@H]1Cc2ccc(Br)cc21. The van der Waals surface area contributed by atoms with Crippen molar-refractivity contribution in [3.63, 3.8) is 0 Å². The van der Waals surface area contributed by atoms with Crippen LogP contribution < -0.4 is 0 Å². The average molecular weight is 213 g/mol. The lowest BCUT2D eigenvalue weighted by Gasteiger charge is -2.28. The topological polar surface area (TPSA) is 9.23 Å². The predicted octanol–water partition coefficient (Wildman–Crippen LogP) is 2.69. The summed E-state index contributed by atoms with van der Waals surface area (Å²) in [5.41, 5.74) is 2.75. The summed E-state index contributed by atoms with van der Waals surface area (Å²) >= 11 is 3.43. The first kappa shape index (κ1) is 7.32. The Morgan fingerprint density at radius 2 is 2.36 bits per heavy atom. The molecule has 0 radical (unpaired) electrons. The second-order valence-corrected chi connectivity index (χ2v) is 3.69. The quantitative estimate of drug-likeness (QED) is 0.696. The monoisotopic (exact) mass is 212 g/mol. The largest absolute Gasteiger partial charge is 0.376 e. The van der Waals surface area contributed by atoms with Crippen LogP contribution in [0.5, 0.6) is 0 Å². The molecule has 0 heterocycles. The molecule has 2 heteroatoms. The summed E-state index contributed by atoms with van der Waals surface area (Å²) in [5, 5.41) is 0. The Kier molecular flexibility index (Phi) is 1.74. The molecule has 0 unspecified atom stereocenters. The molecule has 0 amide bonds. The van der Waals surface area contributed by atoms with Crippen LogP contribution in [0.15, 0.2) is 22.7 Å². The van der Waals surface area contributed by atoms with Gasteiger partial charge in [0.2, 0.25) is 0 Å². The first-order valence-corrected chi connectivity index (χ1v) is 4.41. The minimum Gasteiger partial charge on any atom is -0.376 e. The molecule has 58 valence electrons. The molecular weight excluding hydrogens is 204 g/mol. The molecule has 0 fully saturated rings. The Bertz CT molecular complexity index is 283. The van der Waals surface area contributed by atoms with E-state index in [1.165, 1.54) is 11.1 Å². The van der Waals surface area contributed by atoms with E-state index in [2.05, 4.69) is 34.1 Å². The fourth-order valence-corrected chi connectivity index (χ4v) is 1.82. The molecule has 0 N–H and O–H groups in total. The number of halogens is 1. The van der Waals surface area contributed by atoms with Gasteiger partial charge in [0.25, 0.3) is 0 Å². The fourth-order valence-electron chi connectivity index (χ4n) is 1.44. The van der Waals surface area contributed by atoms with Gasteiger partial charge >= 0.3 is 0 Å². The van der Waals surface area contributed by atoms with E-state index in [0.29, 0.717) is 6.10 Å². The smallest absolute Gasteiger partial charge is 0.0864 e. The van der Waals surface area contributed by atoms with Crippen LogP contribution in [-0.2, 0) is 11.2 Å². The highest BCUT2D eigenvalue weighted by molar-refractivity contribution is 9.10. The van der Waals surface area contributed by atoms with Crippen LogP contribution in [0, 0.1) is 0 Å². The molecule has 1 aliphatic carbocycles. The second-order valence-electron chi connectivity index (χ2n) is 2.77. The number of hydrogen-bond donors (Lipinski definition) is 0. The number of fused-ring (bicyclic) bond motifs is 1. The van der Waals surface area contributed by atoms with Gasteiger partial charge in [-0.3, -0.25) is 0 Å². The summed E-state index contributed by atoms with van der Waals surface area (Å²) in [6.07, 6.45) is 1.40. The molecule has 11 heavy (non-hydrogen) atoms. The molecule has 1 aliphatic rings. The van der Waals surface area contributed by atoms with Crippen molar-refractivity contribution < 1.29 is 4.74 Å². The predicted molar refractivity (Wildman–Crippen MR) is 47.6 cm³/mol. The Hall–Kier alpha value is -0.340. The summed E-state index contributed by atoms with van der Waals surface area (Å²) in [6, 6.07) is 6.35. The van der Waals surface area contributed by atoms with Gasteiger partial charge in [-0.15, -0.1) is 0 Å². The Balaban J connectivity index is 2.37. The van der Waals surface area contributed by atoms with Gasteiger partial charge in [-0.1, -0.05) is 22.0 Å². The third-order valence-corrected chi connectivity index (χ3v) is 2.64. The maximum absolute atomic E-state index is 5.25. The molecule has 0 bridgehead atoms. The molecule has 1 atom stereocenters. The van der Waals surface area contributed by atoms with Gasteiger partial charge in [-0.25, -0.2) is 0 Å². The molecule has 0 spiro atoms. The van der Waals surface area contributed by atoms with Gasteiger partial charge in [-0.05, 0) is 23.3 Å². The van der Waals surface area contributed by atoms with Crippen molar-refractivity contribution in [1.29, 1.82) is 0 Å². The first-order chi connectivity index (χ1) is 5.31. The van der Waals surface area contributed by atoms with Crippen molar-refractivity contribution in [2.75, 3.05) is 7.11 Å². The van der Waals surface area contributed by atoms with Gasteiger partial charge in [0.05, 0.1) is 6.10 Å². The summed E-state index contributed by atoms with van der Waals surface area (Å²) in [7, 11) is 1.76. The lowest BCUT2D eigenvalue weighted by molar-refractivity contribution is 0.0844. The van der Waals surface area contributed by atoms with Gasteiger partial charge < -0.3 is 4.74 Å². The summed E-state index contributed by atoms with van der Waals surface area (Å²) in [4.78, 5) is 0. The highest BCUT2D eigenvalue weighted by atomic mass is 79.9. The lowest BCUT2D eigenvalue weighted by atomic mass is 9.86. The number of ether oxygens (including phenoxy) is 1. The minimum absolute atomic E-state index is 0.336. The molecule has 1 nitrogen and oxygen atoms in total. The van der Waals surface area contributed by atoms with E-state index in [4.69, 9.17) is 4.74 Å². The van der Waals surface area contributed by atoms with E-state index in [1.807, 2.05) is 0 Å². The average Bonchev–Trinajstić information content (AvgIpc) is 1.97. The van der Waals surface area contributed by atoms with Gasteiger partial charge in [0, 0.05) is 18.0 Å². The van der Waals surface area contributed by atoms with Gasteiger partial charge in [-0.2, -0.15) is 0 Å². The lowest BCUT2D eigenvalue weighted by Crippen LogP contribution is -2.18. The van der Waals surface area contributed by atoms with E-state index >= 15 is 0 Å². The summed E-state index contributed by atoms with van der Waals surface area (Å²) in [5.74, 6) is 0. The zero-order valence-electron chi connectivity index (χ0n) is 6.30. The molecule has 2 rings (SSSR count). The van der Waals surface area contributed by atoms with Crippen molar-refractivity contribution >= 4 is 15.9 Å². The number of rotatable bonds is 1. The van der Waals surface area contributed by atoms with E-state index in [-0.39, 0.29) is 0 Å². The van der Waals surface area contributed by atoms with E-state index in [0.717, 1.165) is 10.9 Å². The molecular formula is C9H9BrO. The van der Waals surface area contributed by atoms with Gasteiger partial charge in [0.1, 0.15) is 0 Å². The van der Waals surface area contributed by atoms with Crippen molar-refractivity contribution in [3.05, 3.63) is 33.8 Å². The van der Waals surface area contributed by atoms with Crippen LogP contribution in [0.25, 0.3) is 0 Å². The van der Waals surface area contributed by atoms with Crippen LogP contribution in [0.2, 0.25) is 0 Å². The zero-order chi connectivity index (χ0) is 7.84. The second kappa shape index (κ2) is 2.61. The standard InChI is InChI=1S/C9H9BrO/c1-11-9-4-6-2-3-7(10)5-8(6)9/h2-3,5,9H,4H2,1H3/t9-/m1/s1. The highest BCUT2D eigenvalue weighted by Gasteiger charge is 2.25. The van der Waals surface area contributed by atoms with Crippen molar-refractivity contribution in [3.8, 4) is 0 Å². The highest BCUT2D eigenvalue weighted by Crippen LogP contribution is 2.36. The molecule has 1 aromatic rings. The summed E-state index contributed by atoms with van der Waals surface area (Å²) in [6.45, 7) is 0. The van der Waals surface area contributed by atoms with Crippen LogP contribution in [-0.4, -0.2) is 7.11 Å². The van der Waals surface area contributed by atoms with Crippen LogP contribution in [0.3, 0.4) is 0 Å². The molecule has 0 aromatic heterocycles. The molecule has 0 aliphatic heterocycles. The normalized spacial score (nSPS) is 20.7. The van der Waals surface area contributed by atoms with E-state index in [1.54, 1.807) is 7.11 Å². The Morgan fingerprint density at radius 3 is 3.09 bits per heavy atom. The maximum atomic E-state index is 5.25. The third kappa shape index (κ3) is 1.10. The van der Waals surface area contributed by atoms with Crippen LogP contribution in [0.1, 0.15) is 17.2 Å². The summed E-state index contributed by atoms with van der Waals surface area (Å²) < 4.78 is 6.38. The fraction of sp³-hybridized carbons (Fsp3) is 0.333. The van der Waals surface area contributed by atoms with E-state index in [9.17, 15) is 0 Å². The number of methoxy groups -OCH3 is 1. The molecule has 0 saturated heterocycles. The van der Waals surface area contributed by atoms with Crippen LogP contribution in [0.4, 0.5) is 0 Å². The minimum atomic E-state index is 0.336. The Morgan fingerprint density at radius 1 is 1.55 bits per heavy atom. The van der Waals surface area contributed by atoms with Gasteiger partial charge in [0.15, 0.2) is 0 Å². The molecule has 0 saturated carbocycles.